The summed E-state index contributed by atoms with van der Waals surface area (Å²) in [6, 6.07) is 16.0. The molecule has 2 aromatic rings. The van der Waals surface area contributed by atoms with Gasteiger partial charge < -0.3 is 20.1 Å². The van der Waals surface area contributed by atoms with Gasteiger partial charge in [0, 0.05) is 31.5 Å². The second-order valence-electron chi connectivity index (χ2n) is 10.1. The van der Waals surface area contributed by atoms with Crippen LogP contribution in [0.2, 0.25) is 0 Å². The number of carbonyl (C=O) groups is 3. The summed E-state index contributed by atoms with van der Waals surface area (Å²) in [7, 11) is 0. The molecule has 7 heteroatoms. The highest BCUT2D eigenvalue weighted by Crippen LogP contribution is 2.44. The summed E-state index contributed by atoms with van der Waals surface area (Å²) in [5.41, 5.74) is 3.67. The number of fused-ring (bicyclic) bond motifs is 3. The number of aliphatic carboxylic acids is 1. The van der Waals surface area contributed by atoms with Crippen LogP contribution in [0.1, 0.15) is 57.1 Å². The van der Waals surface area contributed by atoms with Gasteiger partial charge in [-0.3, -0.25) is 9.59 Å². The molecule has 0 aromatic heterocycles. The van der Waals surface area contributed by atoms with Crippen molar-refractivity contribution in [2.24, 2.45) is 11.3 Å². The topological polar surface area (TPSA) is 95.9 Å². The summed E-state index contributed by atoms with van der Waals surface area (Å²) in [5, 5.41) is 12.5. The molecule has 0 bridgehead atoms. The maximum atomic E-state index is 13.0. The molecule has 4 rings (SSSR count). The number of amides is 2. The summed E-state index contributed by atoms with van der Waals surface area (Å²) >= 11 is 0. The molecule has 0 spiro atoms. The predicted octanol–water partition coefficient (Wildman–Crippen LogP) is 4.65. The number of rotatable bonds is 8. The van der Waals surface area contributed by atoms with E-state index < -0.39 is 17.5 Å². The molecule has 0 saturated carbocycles. The molecular weight excluding hydrogens is 444 g/mol. The molecule has 2 amide bonds. The smallest absolute Gasteiger partial charge is 0.407 e. The van der Waals surface area contributed by atoms with Gasteiger partial charge in [-0.15, -0.1) is 0 Å². The van der Waals surface area contributed by atoms with Gasteiger partial charge in [0.1, 0.15) is 6.61 Å². The van der Waals surface area contributed by atoms with Crippen LogP contribution in [-0.4, -0.2) is 53.7 Å². The Morgan fingerprint density at radius 2 is 1.71 bits per heavy atom. The normalized spacial score (nSPS) is 21.8. The van der Waals surface area contributed by atoms with E-state index in [1.54, 1.807) is 11.8 Å². The van der Waals surface area contributed by atoms with E-state index in [1.807, 2.05) is 38.1 Å². The van der Waals surface area contributed by atoms with Crippen LogP contribution in [0.5, 0.6) is 0 Å². The zero-order valence-electron chi connectivity index (χ0n) is 20.6. The third kappa shape index (κ3) is 4.90. The lowest BCUT2D eigenvalue weighted by Crippen LogP contribution is -2.41. The van der Waals surface area contributed by atoms with Gasteiger partial charge in [-0.25, -0.2) is 4.79 Å². The standard InChI is InChI=1S/C28H34N2O5/c1-4-9-19(14-25(31)30-15-18(2)28(3,17-30)26(32)33)29-27(34)35-16-24-22-12-7-5-10-20(22)21-11-6-8-13-23(21)24/h5-8,10-13,18-19,24H,4,9,14-17H2,1-3H3,(H,29,34)(H,32,33)/t18-,19?,28-/m0/s1. The Morgan fingerprint density at radius 1 is 1.11 bits per heavy atom. The molecule has 2 N–H and O–H groups in total. The van der Waals surface area contributed by atoms with Gasteiger partial charge in [0.05, 0.1) is 5.41 Å². The van der Waals surface area contributed by atoms with E-state index in [9.17, 15) is 19.5 Å². The lowest BCUT2D eigenvalue weighted by atomic mass is 9.81. The molecule has 2 aromatic carbocycles. The first-order valence-electron chi connectivity index (χ1n) is 12.4. The molecule has 3 atom stereocenters. The molecule has 35 heavy (non-hydrogen) atoms. The summed E-state index contributed by atoms with van der Waals surface area (Å²) in [4.78, 5) is 39.0. The van der Waals surface area contributed by atoms with E-state index in [4.69, 9.17) is 4.74 Å². The number of benzene rings is 2. The largest absolute Gasteiger partial charge is 0.481 e. The Labute approximate surface area is 206 Å². The summed E-state index contributed by atoms with van der Waals surface area (Å²) < 4.78 is 5.65. The number of nitrogens with zero attached hydrogens (tertiary/aromatic N) is 1. The van der Waals surface area contributed by atoms with Gasteiger partial charge in [-0.05, 0) is 41.5 Å². The fraction of sp³-hybridized carbons (Fsp3) is 0.464. The molecule has 1 aliphatic heterocycles. The highest BCUT2D eigenvalue weighted by atomic mass is 16.5. The summed E-state index contributed by atoms with van der Waals surface area (Å²) in [5.74, 6) is -1.19. The predicted molar refractivity (Wildman–Crippen MR) is 133 cm³/mol. The van der Waals surface area contributed by atoms with Gasteiger partial charge >= 0.3 is 12.1 Å². The van der Waals surface area contributed by atoms with Gasteiger partial charge in [0.15, 0.2) is 0 Å². The number of hydrogen-bond donors (Lipinski definition) is 2. The number of likely N-dealkylation sites (tertiary alicyclic amines) is 1. The lowest BCUT2D eigenvalue weighted by Gasteiger charge is -2.24. The molecule has 2 aliphatic rings. The molecule has 7 nitrogen and oxygen atoms in total. The fourth-order valence-corrected chi connectivity index (χ4v) is 5.34. The van der Waals surface area contributed by atoms with Gasteiger partial charge in [0.25, 0.3) is 0 Å². The van der Waals surface area contributed by atoms with Crippen molar-refractivity contribution in [3.05, 3.63) is 59.7 Å². The average Bonchev–Trinajstić information content (AvgIpc) is 3.33. The molecule has 1 aliphatic carbocycles. The van der Waals surface area contributed by atoms with Crippen LogP contribution in [-0.2, 0) is 14.3 Å². The second-order valence-corrected chi connectivity index (χ2v) is 10.1. The SMILES string of the molecule is CCCC(CC(=O)N1C[C@H](C)[C@@](C)(C(=O)O)C1)NC(=O)OCC1c2ccccc2-c2ccccc21. The van der Waals surface area contributed by atoms with E-state index in [0.29, 0.717) is 13.0 Å². The number of nitrogens with one attached hydrogen (secondary N) is 1. The molecule has 0 radical (unpaired) electrons. The highest BCUT2D eigenvalue weighted by molar-refractivity contribution is 5.82. The van der Waals surface area contributed by atoms with Gasteiger partial charge in [0.2, 0.25) is 5.91 Å². The van der Waals surface area contributed by atoms with Crippen LogP contribution in [0.3, 0.4) is 0 Å². The maximum Gasteiger partial charge on any atom is 0.407 e. The van der Waals surface area contributed by atoms with Crippen molar-refractivity contribution in [1.82, 2.24) is 10.2 Å². The lowest BCUT2D eigenvalue weighted by molar-refractivity contribution is -0.149. The third-order valence-corrected chi connectivity index (χ3v) is 7.67. The number of ether oxygens (including phenoxy) is 1. The molecule has 1 fully saturated rings. The molecule has 1 unspecified atom stereocenters. The first-order chi connectivity index (χ1) is 16.7. The van der Waals surface area contributed by atoms with E-state index >= 15 is 0 Å². The van der Waals surface area contributed by atoms with Crippen molar-refractivity contribution in [2.75, 3.05) is 19.7 Å². The quantitative estimate of drug-likeness (QED) is 0.576. The van der Waals surface area contributed by atoms with Crippen LogP contribution >= 0.6 is 0 Å². The minimum atomic E-state index is -0.948. The molecule has 1 saturated heterocycles. The first kappa shape index (κ1) is 24.8. The summed E-state index contributed by atoms with van der Waals surface area (Å²) in [6.45, 7) is 6.35. The summed E-state index contributed by atoms with van der Waals surface area (Å²) in [6.07, 6.45) is 1.02. The Bertz CT molecular complexity index is 1070. The zero-order chi connectivity index (χ0) is 25.2. The monoisotopic (exact) mass is 478 g/mol. The van der Waals surface area contributed by atoms with Gasteiger partial charge in [-0.2, -0.15) is 0 Å². The van der Waals surface area contributed by atoms with Crippen LogP contribution in [0.4, 0.5) is 4.79 Å². The Balaban J connectivity index is 1.36. The Hall–Kier alpha value is -3.35. The number of carbonyl (C=O) groups excluding carboxylic acids is 2. The number of carboxylic acid groups (broad SMARTS) is 1. The van der Waals surface area contributed by atoms with Crippen LogP contribution in [0, 0.1) is 11.3 Å². The molecule has 1 heterocycles. The minimum absolute atomic E-state index is 0.0285. The van der Waals surface area contributed by atoms with Crippen molar-refractivity contribution in [2.45, 2.75) is 52.0 Å². The van der Waals surface area contributed by atoms with Crippen molar-refractivity contribution < 1.29 is 24.2 Å². The minimum Gasteiger partial charge on any atom is -0.481 e. The maximum absolute atomic E-state index is 13.0. The van der Waals surface area contributed by atoms with E-state index in [2.05, 4.69) is 29.6 Å². The number of alkyl carbamates (subject to hydrolysis) is 1. The first-order valence-corrected chi connectivity index (χ1v) is 12.4. The second kappa shape index (κ2) is 10.1. The van der Waals surface area contributed by atoms with Crippen molar-refractivity contribution in [3.8, 4) is 11.1 Å². The van der Waals surface area contributed by atoms with Crippen LogP contribution in [0.15, 0.2) is 48.5 Å². The fourth-order valence-electron chi connectivity index (χ4n) is 5.34. The van der Waals surface area contributed by atoms with Crippen LogP contribution < -0.4 is 5.32 Å². The Kier molecular flexibility index (Phi) is 7.15. The third-order valence-electron chi connectivity index (χ3n) is 7.67. The molecule has 186 valence electrons. The van der Waals surface area contributed by atoms with E-state index in [0.717, 1.165) is 17.5 Å². The van der Waals surface area contributed by atoms with E-state index in [-0.39, 0.29) is 43.4 Å². The number of carboxylic acids is 1. The highest BCUT2D eigenvalue weighted by Gasteiger charge is 2.47. The number of hydrogen-bond acceptors (Lipinski definition) is 4. The molecular formula is C28H34N2O5. The zero-order valence-corrected chi connectivity index (χ0v) is 20.6. The van der Waals surface area contributed by atoms with E-state index in [1.165, 1.54) is 11.1 Å². The van der Waals surface area contributed by atoms with Crippen molar-refractivity contribution >= 4 is 18.0 Å². The Morgan fingerprint density at radius 3 is 2.26 bits per heavy atom. The van der Waals surface area contributed by atoms with Gasteiger partial charge in [-0.1, -0.05) is 68.8 Å². The van der Waals surface area contributed by atoms with Crippen molar-refractivity contribution in [3.63, 3.8) is 0 Å². The van der Waals surface area contributed by atoms with Crippen molar-refractivity contribution in [1.29, 1.82) is 0 Å². The van der Waals surface area contributed by atoms with Crippen LogP contribution in [0.25, 0.3) is 11.1 Å². The average molecular weight is 479 g/mol.